The quantitative estimate of drug-likeness (QED) is 0.643. The zero-order valence-electron chi connectivity index (χ0n) is 9.94. The van der Waals surface area contributed by atoms with Crippen LogP contribution in [0.1, 0.15) is 5.69 Å². The fourth-order valence-corrected chi connectivity index (χ4v) is 2.05. The first kappa shape index (κ1) is 10.7. The number of H-pyrrole nitrogens is 1. The molecule has 0 aliphatic rings. The zero-order valence-corrected chi connectivity index (χ0v) is 9.94. The second kappa shape index (κ2) is 4.07. The maximum atomic E-state index is 9.42. The summed E-state index contributed by atoms with van der Waals surface area (Å²) in [6, 6.07) is 9.66. The Bertz CT molecular complexity index is 698. The van der Waals surface area contributed by atoms with Gasteiger partial charge in [-0.15, -0.1) is 0 Å². The molecule has 18 heavy (non-hydrogen) atoms. The maximum absolute atomic E-state index is 9.42. The Morgan fingerprint density at radius 3 is 2.89 bits per heavy atom. The van der Waals surface area contributed by atoms with Crippen molar-refractivity contribution in [3.63, 3.8) is 0 Å². The average molecular weight is 239 g/mol. The molecule has 3 aromatic rings. The summed E-state index contributed by atoms with van der Waals surface area (Å²) in [4.78, 5) is 6.97. The molecule has 1 aromatic carbocycles. The molecule has 4 heteroatoms. The molecule has 0 bridgehead atoms. The molecule has 0 aliphatic carbocycles. The van der Waals surface area contributed by atoms with Crippen molar-refractivity contribution in [3.8, 4) is 5.88 Å². The maximum Gasteiger partial charge on any atom is 0.190 e. The number of hydrogen-bond donors (Lipinski definition) is 3. The first-order chi connectivity index (χ1) is 8.74. The van der Waals surface area contributed by atoms with E-state index < -0.39 is 0 Å². The van der Waals surface area contributed by atoms with E-state index in [0.29, 0.717) is 0 Å². The number of aromatic hydroxyl groups is 1. The standard InChI is InChI=1S/C14H13N3O/c1-9-13(7-14(18)16-9)17-12-4-2-3-10-8-15-6-5-11(10)12/h2-8,16-18H,1H3. The smallest absolute Gasteiger partial charge is 0.190 e. The van der Waals surface area contributed by atoms with Gasteiger partial charge in [-0.1, -0.05) is 12.1 Å². The van der Waals surface area contributed by atoms with Crippen LogP contribution in [0.4, 0.5) is 11.4 Å². The predicted molar refractivity (Wildman–Crippen MR) is 72.2 cm³/mol. The van der Waals surface area contributed by atoms with Crippen molar-refractivity contribution in [1.29, 1.82) is 0 Å². The van der Waals surface area contributed by atoms with Gasteiger partial charge in [0.25, 0.3) is 0 Å². The molecule has 0 saturated carbocycles. The van der Waals surface area contributed by atoms with Crippen LogP contribution in [0.3, 0.4) is 0 Å². The Hall–Kier alpha value is -2.49. The van der Waals surface area contributed by atoms with Gasteiger partial charge in [-0.2, -0.15) is 0 Å². The number of fused-ring (bicyclic) bond motifs is 1. The number of anilines is 2. The number of aryl methyl sites for hydroxylation is 1. The van der Waals surface area contributed by atoms with Crippen LogP contribution < -0.4 is 5.32 Å². The summed E-state index contributed by atoms with van der Waals surface area (Å²) in [5.74, 6) is 0.164. The highest BCUT2D eigenvalue weighted by molar-refractivity contribution is 5.94. The van der Waals surface area contributed by atoms with Gasteiger partial charge in [-0.3, -0.25) is 4.98 Å². The first-order valence-electron chi connectivity index (χ1n) is 5.72. The fraction of sp³-hybridized carbons (Fsp3) is 0.0714. The summed E-state index contributed by atoms with van der Waals surface area (Å²) in [6.07, 6.45) is 3.61. The fourth-order valence-electron chi connectivity index (χ4n) is 2.05. The molecule has 3 rings (SSSR count). The van der Waals surface area contributed by atoms with Crippen molar-refractivity contribution in [2.75, 3.05) is 5.32 Å². The Balaban J connectivity index is 2.07. The van der Waals surface area contributed by atoms with Crippen molar-refractivity contribution in [3.05, 3.63) is 48.4 Å². The molecule has 0 aliphatic heterocycles. The molecule has 0 unspecified atom stereocenters. The van der Waals surface area contributed by atoms with Crippen molar-refractivity contribution in [1.82, 2.24) is 9.97 Å². The molecule has 0 atom stereocenters. The van der Waals surface area contributed by atoms with Crippen LogP contribution in [0.2, 0.25) is 0 Å². The van der Waals surface area contributed by atoms with Crippen molar-refractivity contribution >= 4 is 22.1 Å². The lowest BCUT2D eigenvalue weighted by Gasteiger charge is -2.08. The third-order valence-electron chi connectivity index (χ3n) is 2.95. The van der Waals surface area contributed by atoms with E-state index in [9.17, 15) is 5.11 Å². The number of rotatable bonds is 2. The molecule has 2 aromatic heterocycles. The van der Waals surface area contributed by atoms with Crippen LogP contribution in [-0.2, 0) is 0 Å². The summed E-state index contributed by atoms with van der Waals surface area (Å²) in [5.41, 5.74) is 2.77. The van der Waals surface area contributed by atoms with Crippen LogP contribution in [0, 0.1) is 6.92 Å². The Morgan fingerprint density at radius 2 is 2.11 bits per heavy atom. The molecule has 0 spiro atoms. The monoisotopic (exact) mass is 239 g/mol. The highest BCUT2D eigenvalue weighted by Gasteiger charge is 2.06. The second-order valence-electron chi connectivity index (χ2n) is 4.22. The minimum absolute atomic E-state index is 0.164. The SMILES string of the molecule is Cc1[nH]c(O)cc1Nc1cccc2cnccc12. The van der Waals surface area contributed by atoms with Crippen LogP contribution >= 0.6 is 0 Å². The number of nitrogens with zero attached hydrogens (tertiary/aromatic N) is 1. The van der Waals surface area contributed by atoms with E-state index in [4.69, 9.17) is 0 Å². The summed E-state index contributed by atoms with van der Waals surface area (Å²) in [6.45, 7) is 1.91. The molecule has 0 amide bonds. The molecule has 2 heterocycles. The van der Waals surface area contributed by atoms with Gasteiger partial charge in [0.05, 0.1) is 5.69 Å². The summed E-state index contributed by atoms with van der Waals surface area (Å²) in [7, 11) is 0. The van der Waals surface area contributed by atoms with E-state index in [0.717, 1.165) is 27.8 Å². The first-order valence-corrected chi connectivity index (χ1v) is 5.72. The van der Waals surface area contributed by atoms with Gasteiger partial charge in [0.2, 0.25) is 0 Å². The van der Waals surface area contributed by atoms with Gasteiger partial charge >= 0.3 is 0 Å². The van der Waals surface area contributed by atoms with Crippen LogP contribution in [-0.4, -0.2) is 15.1 Å². The molecule has 0 saturated heterocycles. The average Bonchev–Trinajstić information content (AvgIpc) is 2.68. The lowest BCUT2D eigenvalue weighted by atomic mass is 10.1. The number of pyridine rings is 1. The van der Waals surface area contributed by atoms with E-state index in [1.165, 1.54) is 0 Å². The zero-order chi connectivity index (χ0) is 12.5. The topological polar surface area (TPSA) is 60.9 Å². The minimum atomic E-state index is 0.164. The van der Waals surface area contributed by atoms with Crippen LogP contribution in [0.25, 0.3) is 10.8 Å². The van der Waals surface area contributed by atoms with Gasteiger partial charge in [0, 0.05) is 40.6 Å². The van der Waals surface area contributed by atoms with E-state index in [-0.39, 0.29) is 5.88 Å². The molecule has 3 N–H and O–H groups in total. The molecule has 0 fully saturated rings. The number of benzene rings is 1. The number of aromatic amines is 1. The largest absolute Gasteiger partial charge is 0.495 e. The molecule has 90 valence electrons. The molecular formula is C14H13N3O. The van der Waals surface area contributed by atoms with Crippen molar-refractivity contribution in [2.24, 2.45) is 0 Å². The van der Waals surface area contributed by atoms with Gasteiger partial charge in [-0.05, 0) is 19.1 Å². The normalized spacial score (nSPS) is 10.7. The third kappa shape index (κ3) is 1.78. The Morgan fingerprint density at radius 1 is 1.22 bits per heavy atom. The van der Waals surface area contributed by atoms with Gasteiger partial charge < -0.3 is 15.4 Å². The minimum Gasteiger partial charge on any atom is -0.495 e. The number of aromatic nitrogens is 2. The lowest BCUT2D eigenvalue weighted by molar-refractivity contribution is 0.456. The molecule has 4 nitrogen and oxygen atoms in total. The highest BCUT2D eigenvalue weighted by Crippen LogP contribution is 2.29. The van der Waals surface area contributed by atoms with Gasteiger partial charge in [0.1, 0.15) is 0 Å². The highest BCUT2D eigenvalue weighted by atomic mass is 16.3. The van der Waals surface area contributed by atoms with Gasteiger partial charge in [-0.25, -0.2) is 0 Å². The number of nitrogens with one attached hydrogen (secondary N) is 2. The van der Waals surface area contributed by atoms with E-state index in [1.54, 1.807) is 12.3 Å². The van der Waals surface area contributed by atoms with Crippen LogP contribution in [0.5, 0.6) is 5.88 Å². The van der Waals surface area contributed by atoms with E-state index in [1.807, 2.05) is 37.4 Å². The summed E-state index contributed by atoms with van der Waals surface area (Å²) >= 11 is 0. The number of hydrogen-bond acceptors (Lipinski definition) is 3. The molecular weight excluding hydrogens is 226 g/mol. The summed E-state index contributed by atoms with van der Waals surface area (Å²) in [5, 5.41) is 14.9. The third-order valence-corrected chi connectivity index (χ3v) is 2.95. The van der Waals surface area contributed by atoms with Gasteiger partial charge in [0.15, 0.2) is 5.88 Å². The van der Waals surface area contributed by atoms with Crippen molar-refractivity contribution in [2.45, 2.75) is 6.92 Å². The van der Waals surface area contributed by atoms with E-state index in [2.05, 4.69) is 15.3 Å². The summed E-state index contributed by atoms with van der Waals surface area (Å²) < 4.78 is 0. The van der Waals surface area contributed by atoms with Crippen LogP contribution in [0.15, 0.2) is 42.7 Å². The Kier molecular flexibility index (Phi) is 2.41. The Labute approximate surface area is 104 Å². The molecule has 0 radical (unpaired) electrons. The lowest BCUT2D eigenvalue weighted by Crippen LogP contribution is -1.92. The van der Waals surface area contributed by atoms with Crippen molar-refractivity contribution < 1.29 is 5.11 Å². The predicted octanol–water partition coefficient (Wildman–Crippen LogP) is 3.32. The second-order valence-corrected chi connectivity index (χ2v) is 4.22. The van der Waals surface area contributed by atoms with E-state index >= 15 is 0 Å².